The van der Waals surface area contributed by atoms with Crippen molar-refractivity contribution >= 4 is 28.8 Å². The lowest BCUT2D eigenvalue weighted by Crippen LogP contribution is -2.48. The van der Waals surface area contributed by atoms with Crippen molar-refractivity contribution in [2.24, 2.45) is 5.10 Å². The maximum absolute atomic E-state index is 12.5. The van der Waals surface area contributed by atoms with E-state index in [1.165, 1.54) is 11.3 Å². The van der Waals surface area contributed by atoms with Crippen molar-refractivity contribution in [2.45, 2.75) is 45.6 Å². The molecule has 4 rings (SSSR count). The van der Waals surface area contributed by atoms with E-state index in [2.05, 4.69) is 55.3 Å². The Morgan fingerprint density at radius 3 is 2.87 bits per heavy atom. The fourth-order valence-corrected chi connectivity index (χ4v) is 4.72. The van der Waals surface area contributed by atoms with Crippen LogP contribution in [0, 0.1) is 0 Å². The van der Waals surface area contributed by atoms with Gasteiger partial charge in [0.15, 0.2) is 17.1 Å². The molecule has 1 aromatic heterocycles. The van der Waals surface area contributed by atoms with Gasteiger partial charge < -0.3 is 14.1 Å². The van der Waals surface area contributed by atoms with Crippen molar-refractivity contribution in [3.05, 3.63) is 59.4 Å². The number of furan rings is 1. The first-order chi connectivity index (χ1) is 14.8. The molecule has 0 bridgehead atoms. The van der Waals surface area contributed by atoms with Gasteiger partial charge in [0, 0.05) is 23.2 Å². The van der Waals surface area contributed by atoms with Crippen LogP contribution in [0.4, 0.5) is 5.69 Å². The zero-order chi connectivity index (χ0) is 22.2. The van der Waals surface area contributed by atoms with E-state index >= 15 is 0 Å². The maximum Gasteiger partial charge on any atom is 0.307 e. The second-order valence-corrected chi connectivity index (χ2v) is 8.67. The summed E-state index contributed by atoms with van der Waals surface area (Å²) in [7, 11) is 1.57. The number of fused-ring (bicyclic) bond motifs is 2. The number of hydrazone groups is 1. The quantitative estimate of drug-likeness (QED) is 0.449. The highest BCUT2D eigenvalue weighted by Gasteiger charge is 2.35. The van der Waals surface area contributed by atoms with Crippen molar-refractivity contribution in [1.82, 2.24) is 5.43 Å². The first kappa shape index (κ1) is 21.0. The SMILES string of the molecule is CCN1c2ccc(/C=N\NC(=O)c3cc4cccc(OC)c4o3)cc2C(C)CC1(C)C. The number of hydrogen-bond acceptors (Lipinski definition) is 5. The summed E-state index contributed by atoms with van der Waals surface area (Å²) in [6, 6.07) is 13.6. The number of ether oxygens (including phenoxy) is 1. The molecule has 1 aliphatic heterocycles. The number of nitrogens with zero attached hydrogens (tertiary/aromatic N) is 2. The molecule has 162 valence electrons. The molecule has 1 unspecified atom stereocenters. The summed E-state index contributed by atoms with van der Waals surface area (Å²) in [5.74, 6) is 0.838. The monoisotopic (exact) mass is 419 g/mol. The standard InChI is InChI=1S/C25H29N3O3/c1-6-28-20-11-10-17(12-19(20)16(2)14-25(28,3)4)15-26-27-24(29)22-13-18-8-7-9-21(30-5)23(18)31-22/h7-13,15-16H,6,14H2,1-5H3,(H,27,29)/b26-15-. The summed E-state index contributed by atoms with van der Waals surface area (Å²) in [5, 5.41) is 4.95. The molecule has 1 aliphatic rings. The predicted molar refractivity (Wildman–Crippen MR) is 124 cm³/mol. The minimum atomic E-state index is -0.403. The molecule has 0 aliphatic carbocycles. The molecule has 3 aromatic rings. The van der Waals surface area contributed by atoms with Crippen molar-refractivity contribution in [1.29, 1.82) is 0 Å². The van der Waals surface area contributed by atoms with Gasteiger partial charge in [0.1, 0.15) is 0 Å². The zero-order valence-corrected chi connectivity index (χ0v) is 18.7. The van der Waals surface area contributed by atoms with Crippen molar-refractivity contribution < 1.29 is 13.9 Å². The summed E-state index contributed by atoms with van der Waals surface area (Å²) >= 11 is 0. The van der Waals surface area contributed by atoms with Crippen molar-refractivity contribution in [2.75, 3.05) is 18.6 Å². The van der Waals surface area contributed by atoms with Crippen LogP contribution in [0.25, 0.3) is 11.0 Å². The molecule has 6 heteroatoms. The Balaban J connectivity index is 1.51. The third-order valence-corrected chi connectivity index (χ3v) is 6.06. The van der Waals surface area contributed by atoms with Gasteiger partial charge >= 0.3 is 5.91 Å². The van der Waals surface area contributed by atoms with Gasteiger partial charge in [0.25, 0.3) is 0 Å². The second kappa shape index (κ2) is 8.10. The van der Waals surface area contributed by atoms with Crippen LogP contribution in [-0.4, -0.2) is 31.3 Å². The molecule has 31 heavy (non-hydrogen) atoms. The first-order valence-electron chi connectivity index (χ1n) is 10.7. The van der Waals surface area contributed by atoms with Crippen LogP contribution in [0.3, 0.4) is 0 Å². The molecule has 0 spiro atoms. The summed E-state index contributed by atoms with van der Waals surface area (Å²) in [6.07, 6.45) is 2.77. The van der Waals surface area contributed by atoms with Gasteiger partial charge in [-0.15, -0.1) is 0 Å². The minimum absolute atomic E-state index is 0.139. The fraction of sp³-hybridized carbons (Fsp3) is 0.360. The van der Waals surface area contributed by atoms with Gasteiger partial charge in [-0.3, -0.25) is 4.79 Å². The molecule has 0 saturated carbocycles. The van der Waals surface area contributed by atoms with Crippen LogP contribution in [0.5, 0.6) is 5.75 Å². The predicted octanol–water partition coefficient (Wildman–Crippen LogP) is 5.32. The van der Waals surface area contributed by atoms with E-state index in [-0.39, 0.29) is 11.3 Å². The highest BCUT2D eigenvalue weighted by atomic mass is 16.5. The number of para-hydroxylation sites is 1. The topological polar surface area (TPSA) is 67.1 Å². The third kappa shape index (κ3) is 3.90. The number of nitrogens with one attached hydrogen (secondary N) is 1. The van der Waals surface area contributed by atoms with Crippen LogP contribution in [0.15, 0.2) is 52.0 Å². The van der Waals surface area contributed by atoms with Gasteiger partial charge in [-0.05, 0) is 68.5 Å². The molecule has 1 amide bonds. The first-order valence-corrected chi connectivity index (χ1v) is 10.7. The molecule has 0 radical (unpaired) electrons. The highest BCUT2D eigenvalue weighted by Crippen LogP contribution is 2.43. The summed E-state index contributed by atoms with van der Waals surface area (Å²) in [6.45, 7) is 10.0. The number of rotatable bonds is 5. The molecular weight excluding hydrogens is 390 g/mol. The van der Waals surface area contributed by atoms with Crippen LogP contribution in [0.1, 0.15) is 61.7 Å². The Morgan fingerprint density at radius 2 is 2.13 bits per heavy atom. The van der Waals surface area contributed by atoms with E-state index in [1.54, 1.807) is 25.5 Å². The maximum atomic E-state index is 12.5. The Kier molecular flexibility index (Phi) is 5.48. The number of carbonyl (C=O) groups is 1. The fourth-order valence-electron chi connectivity index (χ4n) is 4.72. The van der Waals surface area contributed by atoms with E-state index in [9.17, 15) is 4.79 Å². The molecular formula is C25H29N3O3. The number of hydrogen-bond donors (Lipinski definition) is 1. The average Bonchev–Trinajstić information content (AvgIpc) is 3.18. The van der Waals surface area contributed by atoms with Crippen LogP contribution >= 0.6 is 0 Å². The van der Waals surface area contributed by atoms with Gasteiger partial charge in [-0.1, -0.05) is 25.1 Å². The largest absolute Gasteiger partial charge is 0.493 e. The number of anilines is 1. The van der Waals surface area contributed by atoms with E-state index in [0.717, 1.165) is 23.9 Å². The lowest BCUT2D eigenvalue weighted by molar-refractivity contribution is 0.0929. The molecule has 1 atom stereocenters. The van der Waals surface area contributed by atoms with E-state index < -0.39 is 5.91 Å². The third-order valence-electron chi connectivity index (χ3n) is 6.06. The number of carbonyl (C=O) groups excluding carboxylic acids is 1. The van der Waals surface area contributed by atoms with E-state index in [1.807, 2.05) is 18.2 Å². The molecule has 0 fully saturated rings. The van der Waals surface area contributed by atoms with Crippen molar-refractivity contribution in [3.8, 4) is 5.75 Å². The van der Waals surface area contributed by atoms with Gasteiger partial charge in [0.2, 0.25) is 0 Å². The smallest absolute Gasteiger partial charge is 0.307 e. The zero-order valence-electron chi connectivity index (χ0n) is 18.7. The molecule has 6 nitrogen and oxygen atoms in total. The molecule has 1 N–H and O–H groups in total. The van der Waals surface area contributed by atoms with Gasteiger partial charge in [-0.2, -0.15) is 5.10 Å². The number of benzene rings is 2. The van der Waals surface area contributed by atoms with Crippen molar-refractivity contribution in [3.63, 3.8) is 0 Å². The number of methoxy groups -OCH3 is 1. The van der Waals surface area contributed by atoms with Crippen LogP contribution in [0.2, 0.25) is 0 Å². The van der Waals surface area contributed by atoms with Gasteiger partial charge in [-0.25, -0.2) is 5.43 Å². The van der Waals surface area contributed by atoms with E-state index in [0.29, 0.717) is 17.3 Å². The summed E-state index contributed by atoms with van der Waals surface area (Å²) < 4.78 is 11.0. The Morgan fingerprint density at radius 1 is 1.32 bits per heavy atom. The summed E-state index contributed by atoms with van der Waals surface area (Å²) in [4.78, 5) is 14.9. The molecule has 2 aromatic carbocycles. The van der Waals surface area contributed by atoms with Crippen LogP contribution < -0.4 is 15.1 Å². The normalized spacial score (nSPS) is 17.7. The van der Waals surface area contributed by atoms with Gasteiger partial charge in [0.05, 0.1) is 13.3 Å². The Hall–Kier alpha value is -3.28. The lowest BCUT2D eigenvalue weighted by atomic mass is 9.79. The lowest BCUT2D eigenvalue weighted by Gasteiger charge is -2.47. The Bertz CT molecular complexity index is 1150. The second-order valence-electron chi connectivity index (χ2n) is 8.67. The summed E-state index contributed by atoms with van der Waals surface area (Å²) in [5.41, 5.74) is 6.80. The molecule has 0 saturated heterocycles. The molecule has 2 heterocycles. The Labute approximate surface area is 182 Å². The van der Waals surface area contributed by atoms with E-state index in [4.69, 9.17) is 9.15 Å². The average molecular weight is 420 g/mol. The minimum Gasteiger partial charge on any atom is -0.493 e. The van der Waals surface area contributed by atoms with Crippen LogP contribution in [-0.2, 0) is 0 Å². The highest BCUT2D eigenvalue weighted by molar-refractivity contribution is 5.97. The number of amides is 1.